The van der Waals surface area contributed by atoms with Crippen LogP contribution in [0, 0.1) is 6.92 Å². The number of pyridine rings is 1. The Kier molecular flexibility index (Phi) is 4.48. The zero-order valence-electron chi connectivity index (χ0n) is 13.1. The van der Waals surface area contributed by atoms with Gasteiger partial charge in [0.15, 0.2) is 5.78 Å². The average Bonchev–Trinajstić information content (AvgIpc) is 2.98. The number of carbonyl (C=O) groups is 2. The molecule has 3 rings (SSSR count). The summed E-state index contributed by atoms with van der Waals surface area (Å²) in [7, 11) is 0. The quantitative estimate of drug-likeness (QED) is 0.409. The highest BCUT2D eigenvalue weighted by Gasteiger charge is 2.18. The lowest BCUT2D eigenvalue weighted by Gasteiger charge is -2.03. The minimum absolute atomic E-state index is 0.0359. The molecule has 0 aliphatic carbocycles. The van der Waals surface area contributed by atoms with Crippen LogP contribution in [0.5, 0.6) is 5.75 Å². The van der Waals surface area contributed by atoms with Crippen LogP contribution in [0.4, 0.5) is 0 Å². The molecular weight excluding hydrogens is 324 g/mol. The molecule has 24 heavy (non-hydrogen) atoms. The summed E-state index contributed by atoms with van der Waals surface area (Å²) in [6, 6.07) is 12.0. The molecule has 0 aliphatic heterocycles. The Morgan fingerprint density at radius 3 is 2.46 bits per heavy atom. The molecule has 2 aromatic heterocycles. The number of ketones is 1. The zero-order chi connectivity index (χ0) is 17.1. The van der Waals surface area contributed by atoms with Crippen molar-refractivity contribution in [3.05, 3.63) is 64.8 Å². The number of hydrogen-bond acceptors (Lipinski definition) is 6. The van der Waals surface area contributed by atoms with Crippen LogP contribution in [-0.2, 0) is 0 Å². The molecule has 0 saturated heterocycles. The minimum Gasteiger partial charge on any atom is -0.422 e. The number of nitrogens with zero attached hydrogens (tertiary/aromatic N) is 2. The molecule has 0 radical (unpaired) electrons. The molecule has 120 valence electrons. The number of rotatable bonds is 4. The maximum absolute atomic E-state index is 12.4. The van der Waals surface area contributed by atoms with Crippen molar-refractivity contribution in [1.29, 1.82) is 0 Å². The molecular formula is C18H14N2O3S. The lowest BCUT2D eigenvalue weighted by atomic mass is 10.1. The first-order valence-electron chi connectivity index (χ1n) is 7.26. The van der Waals surface area contributed by atoms with E-state index in [0.29, 0.717) is 26.9 Å². The Labute approximate surface area is 143 Å². The molecule has 0 spiro atoms. The maximum atomic E-state index is 12.4. The lowest BCUT2D eigenvalue weighted by molar-refractivity contribution is 0.0739. The van der Waals surface area contributed by atoms with Crippen molar-refractivity contribution >= 4 is 23.1 Å². The lowest BCUT2D eigenvalue weighted by Crippen LogP contribution is -2.08. The molecule has 0 amide bonds. The Balaban J connectivity index is 1.80. The van der Waals surface area contributed by atoms with E-state index in [2.05, 4.69) is 9.97 Å². The summed E-state index contributed by atoms with van der Waals surface area (Å²) in [4.78, 5) is 32.7. The third-order valence-electron chi connectivity index (χ3n) is 3.34. The number of esters is 1. The largest absolute Gasteiger partial charge is 0.422 e. The predicted molar refractivity (Wildman–Crippen MR) is 91.5 cm³/mol. The summed E-state index contributed by atoms with van der Waals surface area (Å²) in [5, 5.41) is 0.673. The first-order valence-corrected chi connectivity index (χ1v) is 8.08. The van der Waals surface area contributed by atoms with Crippen LogP contribution in [0.2, 0.25) is 0 Å². The van der Waals surface area contributed by atoms with Gasteiger partial charge in [-0.1, -0.05) is 6.07 Å². The highest BCUT2D eigenvalue weighted by Crippen LogP contribution is 2.27. The van der Waals surface area contributed by atoms with Gasteiger partial charge in [0.1, 0.15) is 15.6 Å². The van der Waals surface area contributed by atoms with Gasteiger partial charge in [0, 0.05) is 11.8 Å². The standard InChI is InChI=1S/C18H14N2O3S/c1-11-16(24-17(20-11)15-5-3-4-10-19-15)18(22)23-14-8-6-13(7-9-14)12(2)21/h3-10H,1-2H3. The molecule has 0 atom stereocenters. The molecule has 2 heterocycles. The van der Waals surface area contributed by atoms with Crippen molar-refractivity contribution in [1.82, 2.24) is 9.97 Å². The van der Waals surface area contributed by atoms with Crippen LogP contribution in [0.15, 0.2) is 48.7 Å². The van der Waals surface area contributed by atoms with Crippen LogP contribution < -0.4 is 4.74 Å². The average molecular weight is 338 g/mol. The van der Waals surface area contributed by atoms with E-state index in [4.69, 9.17) is 4.74 Å². The van der Waals surface area contributed by atoms with E-state index in [1.807, 2.05) is 18.2 Å². The summed E-state index contributed by atoms with van der Waals surface area (Å²) < 4.78 is 5.36. The SMILES string of the molecule is CC(=O)c1ccc(OC(=O)c2sc(-c3ccccn3)nc2C)cc1. The van der Waals surface area contributed by atoms with E-state index in [1.165, 1.54) is 18.3 Å². The zero-order valence-corrected chi connectivity index (χ0v) is 14.0. The Morgan fingerprint density at radius 1 is 1.08 bits per heavy atom. The predicted octanol–water partition coefficient (Wildman–Crippen LogP) is 3.94. The molecule has 3 aromatic rings. The molecule has 0 aliphatic rings. The van der Waals surface area contributed by atoms with E-state index in [9.17, 15) is 9.59 Å². The number of aromatic nitrogens is 2. The second kappa shape index (κ2) is 6.72. The van der Waals surface area contributed by atoms with Gasteiger partial charge in [0.05, 0.1) is 11.4 Å². The van der Waals surface area contributed by atoms with Gasteiger partial charge in [0.25, 0.3) is 0 Å². The van der Waals surface area contributed by atoms with Gasteiger partial charge in [-0.3, -0.25) is 9.78 Å². The number of ether oxygens (including phenoxy) is 1. The van der Waals surface area contributed by atoms with Crippen molar-refractivity contribution < 1.29 is 14.3 Å². The van der Waals surface area contributed by atoms with Crippen molar-refractivity contribution in [2.45, 2.75) is 13.8 Å². The minimum atomic E-state index is -0.470. The van der Waals surface area contributed by atoms with Crippen LogP contribution in [-0.4, -0.2) is 21.7 Å². The van der Waals surface area contributed by atoms with E-state index < -0.39 is 5.97 Å². The summed E-state index contributed by atoms with van der Waals surface area (Å²) in [6.45, 7) is 3.25. The number of hydrogen-bond donors (Lipinski definition) is 0. The van der Waals surface area contributed by atoms with Crippen LogP contribution in [0.25, 0.3) is 10.7 Å². The van der Waals surface area contributed by atoms with E-state index in [0.717, 1.165) is 5.69 Å². The van der Waals surface area contributed by atoms with Crippen LogP contribution in [0.3, 0.4) is 0 Å². The number of Topliss-reactive ketones (excluding diaryl/α,β-unsaturated/α-hetero) is 1. The van der Waals surface area contributed by atoms with Crippen LogP contribution in [0.1, 0.15) is 32.6 Å². The Bertz CT molecular complexity index is 886. The highest BCUT2D eigenvalue weighted by molar-refractivity contribution is 7.17. The Morgan fingerprint density at radius 2 is 1.83 bits per heavy atom. The molecule has 0 bridgehead atoms. The number of aryl methyl sites for hydroxylation is 1. The maximum Gasteiger partial charge on any atom is 0.355 e. The topological polar surface area (TPSA) is 69.2 Å². The number of thiazole rings is 1. The van der Waals surface area contributed by atoms with Crippen molar-refractivity contribution in [3.8, 4) is 16.5 Å². The normalized spacial score (nSPS) is 10.4. The van der Waals surface area contributed by atoms with E-state index >= 15 is 0 Å². The van der Waals surface area contributed by atoms with Gasteiger partial charge in [-0.15, -0.1) is 11.3 Å². The van der Waals surface area contributed by atoms with Gasteiger partial charge < -0.3 is 4.74 Å². The molecule has 1 aromatic carbocycles. The first kappa shape index (κ1) is 16.0. The summed E-state index contributed by atoms with van der Waals surface area (Å²) in [5.41, 5.74) is 1.89. The smallest absolute Gasteiger partial charge is 0.355 e. The van der Waals surface area contributed by atoms with Crippen LogP contribution >= 0.6 is 11.3 Å². The van der Waals surface area contributed by atoms with Crippen molar-refractivity contribution in [2.24, 2.45) is 0 Å². The van der Waals surface area contributed by atoms with Gasteiger partial charge in [-0.25, -0.2) is 9.78 Å². The fourth-order valence-electron chi connectivity index (χ4n) is 2.10. The third kappa shape index (κ3) is 3.38. The van der Waals surface area contributed by atoms with E-state index in [1.54, 1.807) is 37.4 Å². The van der Waals surface area contributed by atoms with Gasteiger partial charge in [0.2, 0.25) is 0 Å². The molecule has 0 saturated carbocycles. The second-order valence-corrected chi connectivity index (χ2v) is 6.12. The molecule has 0 fully saturated rings. The molecule has 5 nitrogen and oxygen atoms in total. The third-order valence-corrected chi connectivity index (χ3v) is 4.50. The van der Waals surface area contributed by atoms with Crippen molar-refractivity contribution in [3.63, 3.8) is 0 Å². The fourth-order valence-corrected chi connectivity index (χ4v) is 3.02. The summed E-state index contributed by atoms with van der Waals surface area (Å²) in [5.74, 6) is -0.119. The highest BCUT2D eigenvalue weighted by atomic mass is 32.1. The fraction of sp³-hybridized carbons (Fsp3) is 0.111. The molecule has 6 heteroatoms. The van der Waals surface area contributed by atoms with Crippen molar-refractivity contribution in [2.75, 3.05) is 0 Å². The number of benzene rings is 1. The van der Waals surface area contributed by atoms with Gasteiger partial charge in [-0.2, -0.15) is 0 Å². The first-order chi connectivity index (χ1) is 11.5. The summed E-state index contributed by atoms with van der Waals surface area (Å²) in [6.07, 6.45) is 1.68. The molecule has 0 N–H and O–H groups in total. The second-order valence-electron chi connectivity index (χ2n) is 5.12. The Hall–Kier alpha value is -2.86. The monoisotopic (exact) mass is 338 g/mol. The summed E-state index contributed by atoms with van der Waals surface area (Å²) >= 11 is 1.25. The van der Waals surface area contributed by atoms with Gasteiger partial charge in [-0.05, 0) is 50.2 Å². The van der Waals surface area contributed by atoms with Gasteiger partial charge >= 0.3 is 5.97 Å². The van der Waals surface area contributed by atoms with E-state index in [-0.39, 0.29) is 5.78 Å². The molecule has 0 unspecified atom stereocenters. The number of carbonyl (C=O) groups excluding carboxylic acids is 2.